The molecule has 0 unspecified atom stereocenters. The van der Waals surface area contributed by atoms with Gasteiger partial charge in [0.15, 0.2) is 11.4 Å². The Morgan fingerprint density at radius 1 is 0.519 bits per heavy atom. The molecule has 0 aliphatic rings. The van der Waals surface area contributed by atoms with Crippen molar-refractivity contribution in [1.82, 2.24) is 51.5 Å². The Morgan fingerprint density at radius 3 is 1.07 bits per heavy atom. The second-order valence-electron chi connectivity index (χ2n) is 27.3. The van der Waals surface area contributed by atoms with Gasteiger partial charge in [-0.15, -0.1) is 24.8 Å². The molecule has 4 heterocycles. The van der Waals surface area contributed by atoms with Gasteiger partial charge >= 0.3 is 41.6 Å². The molecule has 0 bridgehead atoms. The second kappa shape index (κ2) is 79.3. The zero-order valence-electron chi connectivity index (χ0n) is 70.5. The number of nitrogens with one attached hydrogen (secondary N) is 2. The summed E-state index contributed by atoms with van der Waals surface area (Å²) in [5.41, 5.74) is 19.7. The quantitative estimate of drug-likeness (QED) is 0.00588. The third-order valence-corrected chi connectivity index (χ3v) is 13.3. The van der Waals surface area contributed by atoms with Gasteiger partial charge in [0.2, 0.25) is 23.3 Å². The number of methoxy groups -OCH3 is 1. The normalized spacial score (nSPS) is 9.77. The SMILES string of the molecule is C.C.C.C.C.C.C.C.C.C.C.CC(=O)O.CC(C)(C)OC(=O)NCc1cccc(-c2noc(C(C)(C)O)n2)c1.CC(C)(O)c1nc(-c2cccc(/C=N/O)c2)no1.CC(C)(O)c1nc(-c2cccc(CN)c2)no1.CC(C)(O)c1nc(-c2cccc(CN)c2)no1.CN=P.COC(=O)C(C)(C)O.C[O-].Cl.Cl.N#Cc1cccc(C=O)c1.N/C(=N\O)c1cccc(/C=N/O)c1.ONO.[Na+]. The molecule has 6 aromatic carbocycles. The summed E-state index contributed by atoms with van der Waals surface area (Å²) in [6, 6.07) is 44.9. The van der Waals surface area contributed by atoms with Gasteiger partial charge in [-0.05, 0) is 169 Å². The second-order valence-corrected chi connectivity index (χ2v) is 27.7. The van der Waals surface area contributed by atoms with Crippen LogP contribution in [0.5, 0.6) is 0 Å². The van der Waals surface area contributed by atoms with Crippen LogP contribution in [0.4, 0.5) is 4.79 Å². The van der Waals surface area contributed by atoms with E-state index in [-0.39, 0.29) is 165 Å². The Balaban J connectivity index is -0.0000000919. The summed E-state index contributed by atoms with van der Waals surface area (Å²) < 4.78 is 32.8. The number of oxime groups is 3. The molecule has 0 spiro atoms. The number of nitriles is 1. The van der Waals surface area contributed by atoms with Gasteiger partial charge in [-0.2, -0.15) is 32.3 Å². The van der Waals surface area contributed by atoms with E-state index >= 15 is 0 Å². The summed E-state index contributed by atoms with van der Waals surface area (Å²) in [7, 11) is 6.46. The van der Waals surface area contributed by atoms with Crippen molar-refractivity contribution in [2.75, 3.05) is 21.3 Å². The van der Waals surface area contributed by atoms with Gasteiger partial charge in [0.25, 0.3) is 29.5 Å². The molecule has 748 valence electrons. The van der Waals surface area contributed by atoms with Crippen LogP contribution in [0, 0.1) is 11.3 Å². The van der Waals surface area contributed by atoms with Gasteiger partial charge in [0.1, 0.15) is 34.3 Å². The van der Waals surface area contributed by atoms with Gasteiger partial charge in [0.05, 0.1) is 31.2 Å². The maximum absolute atomic E-state index is 11.7. The fraction of sp³-hybridized carbons (Fsp3) is 0.416. The van der Waals surface area contributed by atoms with Crippen LogP contribution < -0.4 is 62.8 Å². The minimum absolute atomic E-state index is 0. The molecule has 40 nitrogen and oxygen atoms in total. The van der Waals surface area contributed by atoms with Crippen molar-refractivity contribution in [1.29, 1.82) is 5.26 Å². The zero-order valence-corrected chi connectivity index (χ0v) is 75.1. The third kappa shape index (κ3) is 64.2. The first-order valence-electron chi connectivity index (χ1n) is 34.8. The summed E-state index contributed by atoms with van der Waals surface area (Å²) in [4.78, 5) is 57.9. The molecule has 0 aliphatic heterocycles. The molecule has 0 atom stereocenters. The Labute approximate surface area is 822 Å². The minimum atomic E-state index is -1.35. The van der Waals surface area contributed by atoms with Crippen molar-refractivity contribution in [2.24, 2.45) is 37.4 Å². The van der Waals surface area contributed by atoms with Crippen molar-refractivity contribution < 1.29 is 138 Å². The maximum Gasteiger partial charge on any atom is 1.00 e. The van der Waals surface area contributed by atoms with E-state index in [4.69, 9.17) is 91.4 Å². The van der Waals surface area contributed by atoms with Crippen molar-refractivity contribution >= 4 is 76.4 Å². The van der Waals surface area contributed by atoms with Crippen LogP contribution in [0.1, 0.15) is 251 Å². The van der Waals surface area contributed by atoms with Gasteiger partial charge < -0.3 is 101 Å². The number of nitrogens with zero attached hydrogens (tertiary/aromatic N) is 13. The predicted octanol–water partition coefficient (Wildman–Crippen LogP) is 13.7. The zero-order chi connectivity index (χ0) is 90.9. The number of rotatable bonds is 17. The molecule has 44 heteroatoms. The van der Waals surface area contributed by atoms with Crippen LogP contribution in [0.25, 0.3) is 45.6 Å². The van der Waals surface area contributed by atoms with E-state index < -0.39 is 51.6 Å². The molecule has 0 radical (unpaired) electrons. The summed E-state index contributed by atoms with van der Waals surface area (Å²) in [6.45, 7) is 23.2. The molecular weight excluding hydrogens is 1800 g/mol. The fourth-order valence-electron chi connectivity index (χ4n) is 8.00. The van der Waals surface area contributed by atoms with E-state index in [1.807, 2.05) is 99.6 Å². The minimum Gasteiger partial charge on any atom is -0.857 e. The van der Waals surface area contributed by atoms with Gasteiger partial charge in [-0.1, -0.05) is 227 Å². The van der Waals surface area contributed by atoms with E-state index in [0.29, 0.717) is 76.3 Å². The summed E-state index contributed by atoms with van der Waals surface area (Å²) in [6.07, 6.45) is 2.81. The van der Waals surface area contributed by atoms with Gasteiger partial charge in [-0.3, -0.25) is 24.7 Å². The van der Waals surface area contributed by atoms with Crippen molar-refractivity contribution in [3.8, 4) is 51.6 Å². The molecule has 10 rings (SSSR count). The molecule has 19 N–H and O–H groups in total. The third-order valence-electron chi connectivity index (χ3n) is 13.3. The molecular formula is C89H150Cl2N18NaO22P. The largest absolute Gasteiger partial charge is 1.00 e. The number of amidine groups is 1. The number of carbonyl (C=O) groups is 4. The Kier molecular flexibility index (Phi) is 92.8. The maximum atomic E-state index is 11.7. The van der Waals surface area contributed by atoms with E-state index in [9.17, 15) is 34.8 Å². The smallest absolute Gasteiger partial charge is 0.857 e. The summed E-state index contributed by atoms with van der Waals surface area (Å²) in [5.74, 6) is 0.942. The Hall–Kier alpha value is -11.3. The molecule has 0 saturated carbocycles. The molecule has 0 aliphatic carbocycles. The summed E-state index contributed by atoms with van der Waals surface area (Å²) >= 11 is 0. The molecule has 0 fully saturated rings. The first-order chi connectivity index (χ1) is 55.7. The van der Waals surface area contributed by atoms with Crippen LogP contribution >= 0.6 is 33.8 Å². The van der Waals surface area contributed by atoms with Crippen LogP contribution in [0.3, 0.4) is 0 Å². The van der Waals surface area contributed by atoms with E-state index in [2.05, 4.69) is 79.9 Å². The number of carboxylic acids is 1. The predicted molar refractivity (Wildman–Crippen MR) is 522 cm³/mol. The average molecular weight is 1950 g/mol. The number of hydrogen-bond donors (Lipinski definition) is 16. The monoisotopic (exact) mass is 1950 g/mol. The number of hydrogen-bond acceptors (Lipinski definition) is 37. The van der Waals surface area contributed by atoms with Gasteiger partial charge in [0, 0.05) is 67.0 Å². The number of amides is 1. The number of carbonyl (C=O) groups excluding carboxylic acids is 3. The van der Waals surface area contributed by atoms with Crippen LogP contribution in [0.15, 0.2) is 184 Å². The molecule has 10 aromatic rings. The van der Waals surface area contributed by atoms with Crippen LogP contribution in [0.2, 0.25) is 0 Å². The number of aliphatic carboxylic acids is 1. The standard InChI is InChI=1S/C17H23N3O4.C12H13N3O3.2C12H15N3O2.C8H9N3O2.C8H5NO.C5H10O3.C2H4O2.CH4NP.CH3O.11CH4.2ClH.H3NO2.Na/c1-16(2,3)23-15(21)18-10-11-7-6-8-12(9-11)13-19-14(24-20-13)17(4,5)22;1-12(2,16)11-14-10(15-18-11)9-5-3-4-8(6-9)7-13-17;2*1-12(2,16)11-14-10(15-17-11)9-5-3-4-8(6-9)7-13;9-8(11-13)7-3-1-2-6(4-7)5-10-12;9-5-7-2-1-3-8(4-7)6-10;1-5(2,7)4(6)8-3;1-2(3)4;1-2-3;1-2;;;;;;;;;;;;;;2-1-3;/h6-9,22H,10H2,1-5H3,(H,18,21);3-7,16-17H,1-2H3;2*3-6,16H,7,13H2,1-2H3;1-5,12-13H,(H2,9,11);1-4,6H;7H,1-3H3;1H3,(H,3,4);3H,1H3;1H3;11*1H4;2*1H;1-3H;/q;;;;;;;;;-1;;;;;;;;;;;;;;;+1/b;13-7+;;;10-5+;;;;;;;;;;;;;;;;;;;;. The first-order valence-corrected chi connectivity index (χ1v) is 35.3. The fourth-order valence-corrected chi connectivity index (χ4v) is 8.00. The van der Waals surface area contributed by atoms with Gasteiger partial charge in [-0.25, -0.2) is 9.59 Å². The number of halogens is 2. The van der Waals surface area contributed by atoms with Crippen molar-refractivity contribution in [3.05, 3.63) is 214 Å². The van der Waals surface area contributed by atoms with Crippen LogP contribution in [-0.2, 0) is 61.1 Å². The molecule has 4 aromatic heterocycles. The topological polar surface area (TPSA) is 663 Å². The number of alkyl carbamates (subject to hydrolysis) is 1. The molecule has 1 amide bonds. The number of carboxylic acid groups (broad SMARTS) is 1. The Morgan fingerprint density at radius 2 is 0.805 bits per heavy atom. The molecule has 133 heavy (non-hydrogen) atoms. The van der Waals surface area contributed by atoms with E-state index in [1.165, 1.54) is 33.4 Å². The van der Waals surface area contributed by atoms with Crippen molar-refractivity contribution in [2.45, 2.75) is 232 Å². The number of aldehydes is 1. The first kappa shape index (κ1) is 156. The number of ether oxygens (including phenoxy) is 2. The van der Waals surface area contributed by atoms with Crippen molar-refractivity contribution in [3.63, 3.8) is 0 Å². The Bertz CT molecular complexity index is 4740. The van der Waals surface area contributed by atoms with E-state index in [0.717, 1.165) is 59.3 Å². The summed E-state index contributed by atoms with van der Waals surface area (Å²) in [5, 5.41) is 138. The number of benzene rings is 6. The number of nitrogens with two attached hydrogens (primary N) is 3. The number of aromatic nitrogens is 8. The average Bonchev–Trinajstić information content (AvgIpc) is 1.71. The number of aliphatic hydroxyl groups is 5. The number of esters is 1. The molecule has 0 saturated heterocycles. The van der Waals surface area contributed by atoms with Crippen LogP contribution in [-0.4, -0.2) is 172 Å². The van der Waals surface area contributed by atoms with E-state index in [1.54, 1.807) is 135 Å².